The number of sulfonamides is 1. The Bertz CT molecular complexity index is 551. The van der Waals surface area contributed by atoms with E-state index in [1.807, 2.05) is 0 Å². The van der Waals surface area contributed by atoms with Gasteiger partial charge in [-0.05, 0) is 24.7 Å². The molecule has 0 radical (unpaired) electrons. The van der Waals surface area contributed by atoms with Gasteiger partial charge in [0.15, 0.2) is 0 Å². The Morgan fingerprint density at radius 1 is 1.21 bits per heavy atom. The van der Waals surface area contributed by atoms with E-state index in [-0.39, 0.29) is 4.90 Å². The van der Waals surface area contributed by atoms with Gasteiger partial charge in [0.05, 0.1) is 16.3 Å². The molecule has 6 nitrogen and oxygen atoms in total. The third-order valence-electron chi connectivity index (χ3n) is 3.49. The fourth-order valence-corrected chi connectivity index (χ4v) is 2.85. The normalized spacial score (nSPS) is 17.7. The summed E-state index contributed by atoms with van der Waals surface area (Å²) < 4.78 is 22.5. The van der Waals surface area contributed by atoms with E-state index < -0.39 is 10.0 Å². The first-order chi connectivity index (χ1) is 8.91. The molecular weight excluding hydrogens is 264 g/mol. The quantitative estimate of drug-likeness (QED) is 0.766. The van der Waals surface area contributed by atoms with Gasteiger partial charge < -0.3 is 15.5 Å². The van der Waals surface area contributed by atoms with E-state index in [0.29, 0.717) is 5.69 Å². The van der Waals surface area contributed by atoms with Gasteiger partial charge in [-0.1, -0.05) is 6.92 Å². The highest BCUT2D eigenvalue weighted by molar-refractivity contribution is 7.89. The molecule has 1 aliphatic rings. The summed E-state index contributed by atoms with van der Waals surface area (Å²) in [6.45, 7) is 6.97. The van der Waals surface area contributed by atoms with Gasteiger partial charge in [-0.25, -0.2) is 13.6 Å². The lowest BCUT2D eigenvalue weighted by molar-refractivity contribution is 0.271. The standard InChI is InChI=1S/C12H20N4O2S/c1-2-15-5-7-16(8-6-15)12-4-3-10(9-11(12)13)19(14,17)18/h3-4,9H,2,5-8,13H2,1H3,(H2,14,17,18). The minimum Gasteiger partial charge on any atom is -0.397 e. The molecule has 1 saturated heterocycles. The summed E-state index contributed by atoms with van der Waals surface area (Å²) in [4.78, 5) is 4.60. The van der Waals surface area contributed by atoms with E-state index in [9.17, 15) is 8.42 Å². The van der Waals surface area contributed by atoms with Crippen LogP contribution in [0, 0.1) is 0 Å². The van der Waals surface area contributed by atoms with Crippen LogP contribution in [0.5, 0.6) is 0 Å². The number of rotatable bonds is 3. The van der Waals surface area contributed by atoms with Gasteiger partial charge in [0.1, 0.15) is 0 Å². The smallest absolute Gasteiger partial charge is 0.238 e. The van der Waals surface area contributed by atoms with Gasteiger partial charge in [0.25, 0.3) is 0 Å². The Morgan fingerprint density at radius 2 is 1.84 bits per heavy atom. The summed E-state index contributed by atoms with van der Waals surface area (Å²) in [5.41, 5.74) is 7.27. The molecule has 7 heteroatoms. The Morgan fingerprint density at radius 3 is 2.32 bits per heavy atom. The topological polar surface area (TPSA) is 92.7 Å². The predicted molar refractivity (Wildman–Crippen MR) is 76.6 cm³/mol. The van der Waals surface area contributed by atoms with E-state index in [4.69, 9.17) is 10.9 Å². The lowest BCUT2D eigenvalue weighted by Crippen LogP contribution is -2.46. The lowest BCUT2D eigenvalue weighted by Gasteiger charge is -2.36. The highest BCUT2D eigenvalue weighted by atomic mass is 32.2. The third-order valence-corrected chi connectivity index (χ3v) is 4.40. The molecule has 0 bridgehead atoms. The van der Waals surface area contributed by atoms with Crippen molar-refractivity contribution >= 4 is 21.4 Å². The first kappa shape index (κ1) is 14.1. The maximum Gasteiger partial charge on any atom is 0.238 e. The van der Waals surface area contributed by atoms with Crippen molar-refractivity contribution in [1.82, 2.24) is 4.90 Å². The second kappa shape index (κ2) is 5.36. The zero-order valence-corrected chi connectivity index (χ0v) is 11.9. The molecular formula is C12H20N4O2S. The molecule has 1 fully saturated rings. The molecule has 0 aliphatic carbocycles. The largest absolute Gasteiger partial charge is 0.397 e. The summed E-state index contributed by atoms with van der Waals surface area (Å²) in [6, 6.07) is 4.67. The molecule has 106 valence electrons. The summed E-state index contributed by atoms with van der Waals surface area (Å²) in [7, 11) is -3.69. The maximum absolute atomic E-state index is 11.3. The van der Waals surface area contributed by atoms with Crippen LogP contribution in [0.4, 0.5) is 11.4 Å². The van der Waals surface area contributed by atoms with Crippen molar-refractivity contribution in [3.8, 4) is 0 Å². The van der Waals surface area contributed by atoms with Crippen molar-refractivity contribution in [2.24, 2.45) is 5.14 Å². The van der Waals surface area contributed by atoms with Crippen molar-refractivity contribution in [1.29, 1.82) is 0 Å². The molecule has 0 atom stereocenters. The number of hydrogen-bond donors (Lipinski definition) is 2. The van der Waals surface area contributed by atoms with Crippen molar-refractivity contribution in [2.75, 3.05) is 43.4 Å². The number of primary sulfonamides is 1. The van der Waals surface area contributed by atoms with Crippen molar-refractivity contribution < 1.29 is 8.42 Å². The number of hydrogen-bond acceptors (Lipinski definition) is 5. The van der Waals surface area contributed by atoms with Crippen LogP contribution in [0.2, 0.25) is 0 Å². The molecule has 0 amide bonds. The van der Waals surface area contributed by atoms with Crippen LogP contribution < -0.4 is 15.8 Å². The molecule has 2 rings (SSSR count). The zero-order valence-electron chi connectivity index (χ0n) is 11.0. The van der Waals surface area contributed by atoms with Gasteiger partial charge in [-0.3, -0.25) is 0 Å². The molecule has 0 unspecified atom stereocenters. The Balaban J connectivity index is 2.18. The van der Waals surface area contributed by atoms with E-state index in [2.05, 4.69) is 16.7 Å². The van der Waals surface area contributed by atoms with Crippen LogP contribution in [0.1, 0.15) is 6.92 Å². The summed E-state index contributed by atoms with van der Waals surface area (Å²) >= 11 is 0. The molecule has 0 aromatic heterocycles. The molecule has 0 spiro atoms. The lowest BCUT2D eigenvalue weighted by atomic mass is 10.2. The van der Waals surface area contributed by atoms with Gasteiger partial charge in [0, 0.05) is 26.2 Å². The monoisotopic (exact) mass is 284 g/mol. The number of anilines is 2. The number of benzene rings is 1. The van der Waals surface area contributed by atoms with Gasteiger partial charge >= 0.3 is 0 Å². The van der Waals surface area contributed by atoms with Crippen molar-refractivity contribution in [2.45, 2.75) is 11.8 Å². The van der Waals surface area contributed by atoms with E-state index >= 15 is 0 Å². The van der Waals surface area contributed by atoms with E-state index in [0.717, 1.165) is 38.4 Å². The highest BCUT2D eigenvalue weighted by Crippen LogP contribution is 2.26. The van der Waals surface area contributed by atoms with Gasteiger partial charge in [-0.2, -0.15) is 0 Å². The minimum absolute atomic E-state index is 0.0564. The number of piperazine rings is 1. The third kappa shape index (κ3) is 3.17. The van der Waals surface area contributed by atoms with Crippen LogP contribution in [0.25, 0.3) is 0 Å². The van der Waals surface area contributed by atoms with Crippen LogP contribution in [0.15, 0.2) is 23.1 Å². The minimum atomic E-state index is -3.69. The Kier molecular flexibility index (Phi) is 3.98. The van der Waals surface area contributed by atoms with Gasteiger partial charge in [-0.15, -0.1) is 0 Å². The van der Waals surface area contributed by atoms with Crippen LogP contribution in [-0.4, -0.2) is 46.0 Å². The summed E-state index contributed by atoms with van der Waals surface area (Å²) in [6.07, 6.45) is 0. The number of likely N-dealkylation sites (N-methyl/N-ethyl adjacent to an activating group) is 1. The number of nitrogens with zero attached hydrogens (tertiary/aromatic N) is 2. The van der Waals surface area contributed by atoms with E-state index in [1.54, 1.807) is 6.07 Å². The van der Waals surface area contributed by atoms with Crippen LogP contribution in [0.3, 0.4) is 0 Å². The first-order valence-corrected chi connectivity index (χ1v) is 7.86. The Labute approximate surface area is 114 Å². The molecule has 4 N–H and O–H groups in total. The molecule has 1 heterocycles. The molecule has 1 aromatic carbocycles. The second-order valence-corrected chi connectivity index (χ2v) is 6.25. The maximum atomic E-state index is 11.3. The average molecular weight is 284 g/mol. The van der Waals surface area contributed by atoms with Crippen LogP contribution >= 0.6 is 0 Å². The van der Waals surface area contributed by atoms with Crippen molar-refractivity contribution in [3.05, 3.63) is 18.2 Å². The van der Waals surface area contributed by atoms with Gasteiger partial charge in [0.2, 0.25) is 10.0 Å². The van der Waals surface area contributed by atoms with Crippen molar-refractivity contribution in [3.63, 3.8) is 0 Å². The van der Waals surface area contributed by atoms with Crippen LogP contribution in [-0.2, 0) is 10.0 Å². The summed E-state index contributed by atoms with van der Waals surface area (Å²) in [5.74, 6) is 0. The predicted octanol–water partition coefficient (Wildman–Crippen LogP) is 0.0581. The first-order valence-electron chi connectivity index (χ1n) is 6.31. The SMILES string of the molecule is CCN1CCN(c2ccc(S(N)(=O)=O)cc2N)CC1. The molecule has 1 aromatic rings. The Hall–Kier alpha value is -1.31. The highest BCUT2D eigenvalue weighted by Gasteiger charge is 2.18. The number of nitrogen functional groups attached to an aromatic ring is 1. The van der Waals surface area contributed by atoms with E-state index in [1.165, 1.54) is 12.1 Å². The molecule has 0 saturated carbocycles. The fourth-order valence-electron chi connectivity index (χ4n) is 2.30. The molecule has 19 heavy (non-hydrogen) atoms. The molecule has 1 aliphatic heterocycles. The number of nitrogens with two attached hydrogens (primary N) is 2. The summed E-state index contributed by atoms with van der Waals surface area (Å²) in [5, 5.41) is 5.09. The fraction of sp³-hybridized carbons (Fsp3) is 0.500. The average Bonchev–Trinajstić information content (AvgIpc) is 2.38. The second-order valence-electron chi connectivity index (χ2n) is 4.69. The zero-order chi connectivity index (χ0) is 14.0.